The van der Waals surface area contributed by atoms with E-state index < -0.39 is 5.91 Å². The third kappa shape index (κ3) is 2.76. The van der Waals surface area contributed by atoms with Crippen LogP contribution in [0.1, 0.15) is 10.6 Å². The zero-order valence-electron chi connectivity index (χ0n) is 11.1. The largest absolute Gasteiger partial charge is 0.363 e. The average Bonchev–Trinajstić information content (AvgIpc) is 2.56. The van der Waals surface area contributed by atoms with Crippen LogP contribution in [0, 0.1) is 0 Å². The fourth-order valence-corrected chi connectivity index (χ4v) is 1.92. The van der Waals surface area contributed by atoms with Crippen molar-refractivity contribution < 1.29 is 4.79 Å². The lowest BCUT2D eigenvalue weighted by Crippen LogP contribution is -2.17. The van der Waals surface area contributed by atoms with Crippen molar-refractivity contribution in [2.45, 2.75) is 0 Å². The number of rotatable bonds is 3. The third-order valence-corrected chi connectivity index (χ3v) is 2.92. The quantitative estimate of drug-likeness (QED) is 0.795. The molecule has 5 heteroatoms. The van der Waals surface area contributed by atoms with Gasteiger partial charge in [0.05, 0.1) is 0 Å². The monoisotopic (exact) mass is 276 g/mol. The molecule has 1 heterocycles. The third-order valence-electron chi connectivity index (χ3n) is 2.92. The molecule has 2 N–H and O–H groups in total. The standard InChI is InChI=1S/C16H12N4O/c17-13(21)16-19-14(11-7-3-1-4-8-11)18-15(20-16)12-9-5-2-6-10-12/h1-10H,(H2,17,21). The second kappa shape index (κ2) is 5.50. The summed E-state index contributed by atoms with van der Waals surface area (Å²) < 4.78 is 0. The molecule has 5 nitrogen and oxygen atoms in total. The molecule has 0 saturated carbocycles. The van der Waals surface area contributed by atoms with Gasteiger partial charge in [0.1, 0.15) is 0 Å². The van der Waals surface area contributed by atoms with Crippen LogP contribution in [-0.2, 0) is 0 Å². The lowest BCUT2D eigenvalue weighted by atomic mass is 10.2. The van der Waals surface area contributed by atoms with E-state index in [0.717, 1.165) is 11.1 Å². The van der Waals surface area contributed by atoms with E-state index in [2.05, 4.69) is 15.0 Å². The van der Waals surface area contributed by atoms with Crippen molar-refractivity contribution in [2.24, 2.45) is 5.73 Å². The first-order valence-corrected chi connectivity index (χ1v) is 6.41. The summed E-state index contributed by atoms with van der Waals surface area (Å²) in [5, 5.41) is 0. The van der Waals surface area contributed by atoms with Crippen LogP contribution in [0.25, 0.3) is 22.8 Å². The lowest BCUT2D eigenvalue weighted by molar-refractivity contribution is 0.0990. The molecule has 0 radical (unpaired) electrons. The highest BCUT2D eigenvalue weighted by Crippen LogP contribution is 2.19. The topological polar surface area (TPSA) is 81.8 Å². The molecule has 0 fully saturated rings. The molecule has 0 aliphatic rings. The summed E-state index contributed by atoms with van der Waals surface area (Å²) >= 11 is 0. The van der Waals surface area contributed by atoms with Crippen LogP contribution < -0.4 is 5.73 Å². The summed E-state index contributed by atoms with van der Waals surface area (Å²) in [5.41, 5.74) is 6.93. The number of carbonyl (C=O) groups is 1. The van der Waals surface area contributed by atoms with Gasteiger partial charge in [0.15, 0.2) is 11.6 Å². The molecule has 0 aliphatic carbocycles. The van der Waals surface area contributed by atoms with Gasteiger partial charge in [-0.05, 0) is 0 Å². The number of benzene rings is 2. The van der Waals surface area contributed by atoms with E-state index in [0.29, 0.717) is 11.6 Å². The van der Waals surface area contributed by atoms with E-state index in [4.69, 9.17) is 5.73 Å². The number of hydrogen-bond donors (Lipinski definition) is 1. The minimum atomic E-state index is -0.674. The molecular formula is C16H12N4O. The molecule has 102 valence electrons. The Morgan fingerprint density at radius 2 is 1.14 bits per heavy atom. The molecular weight excluding hydrogens is 264 g/mol. The summed E-state index contributed by atoms with van der Waals surface area (Å²) in [6, 6.07) is 18.8. The van der Waals surface area contributed by atoms with Crippen LogP contribution in [-0.4, -0.2) is 20.9 Å². The minimum Gasteiger partial charge on any atom is -0.363 e. The zero-order valence-corrected chi connectivity index (χ0v) is 11.1. The summed E-state index contributed by atoms with van der Waals surface area (Å²) in [7, 11) is 0. The van der Waals surface area contributed by atoms with Crippen molar-refractivity contribution in [1.29, 1.82) is 0 Å². The van der Waals surface area contributed by atoms with Gasteiger partial charge in [0, 0.05) is 11.1 Å². The van der Waals surface area contributed by atoms with Crippen LogP contribution in [0.15, 0.2) is 60.7 Å². The van der Waals surface area contributed by atoms with Crippen molar-refractivity contribution in [2.75, 3.05) is 0 Å². The predicted octanol–water partition coefficient (Wildman–Crippen LogP) is 2.30. The van der Waals surface area contributed by atoms with Gasteiger partial charge in [-0.15, -0.1) is 0 Å². The minimum absolute atomic E-state index is 0.0392. The number of amides is 1. The van der Waals surface area contributed by atoms with Gasteiger partial charge in [-0.25, -0.2) is 15.0 Å². The van der Waals surface area contributed by atoms with Crippen molar-refractivity contribution in [3.8, 4) is 22.8 Å². The van der Waals surface area contributed by atoms with Crippen molar-refractivity contribution in [3.63, 3.8) is 0 Å². The Kier molecular flexibility index (Phi) is 3.39. The molecule has 21 heavy (non-hydrogen) atoms. The normalized spacial score (nSPS) is 10.3. The SMILES string of the molecule is NC(=O)c1nc(-c2ccccc2)nc(-c2ccccc2)n1. The van der Waals surface area contributed by atoms with Crippen molar-refractivity contribution in [3.05, 3.63) is 66.5 Å². The Balaban J connectivity index is 2.18. The maximum atomic E-state index is 11.4. The molecule has 1 amide bonds. The molecule has 0 spiro atoms. The van der Waals surface area contributed by atoms with Gasteiger partial charge in [-0.1, -0.05) is 60.7 Å². The first-order valence-electron chi connectivity index (χ1n) is 6.41. The Labute approximate surface area is 121 Å². The fraction of sp³-hybridized carbons (Fsp3) is 0. The number of carbonyl (C=O) groups excluding carboxylic acids is 1. The maximum Gasteiger partial charge on any atom is 0.286 e. The highest BCUT2D eigenvalue weighted by molar-refractivity contribution is 5.89. The number of nitrogens with zero attached hydrogens (tertiary/aromatic N) is 3. The van der Waals surface area contributed by atoms with Crippen LogP contribution >= 0.6 is 0 Å². The Morgan fingerprint density at radius 1 is 0.714 bits per heavy atom. The van der Waals surface area contributed by atoms with E-state index in [9.17, 15) is 4.79 Å². The van der Waals surface area contributed by atoms with Crippen LogP contribution in [0.3, 0.4) is 0 Å². The molecule has 1 aromatic heterocycles. The highest BCUT2D eigenvalue weighted by Gasteiger charge is 2.13. The predicted molar refractivity (Wildman–Crippen MR) is 79.2 cm³/mol. The molecule has 2 aromatic carbocycles. The number of aromatic nitrogens is 3. The van der Waals surface area contributed by atoms with Gasteiger partial charge in [0.25, 0.3) is 5.91 Å². The van der Waals surface area contributed by atoms with E-state index >= 15 is 0 Å². The van der Waals surface area contributed by atoms with Crippen LogP contribution in [0.4, 0.5) is 0 Å². The average molecular weight is 276 g/mol. The molecule has 0 aliphatic heterocycles. The number of primary amides is 1. The molecule has 3 rings (SSSR count). The Bertz CT molecular complexity index is 715. The van der Waals surface area contributed by atoms with Crippen LogP contribution in [0.2, 0.25) is 0 Å². The summed E-state index contributed by atoms with van der Waals surface area (Å²) in [6.45, 7) is 0. The highest BCUT2D eigenvalue weighted by atomic mass is 16.1. The van der Waals surface area contributed by atoms with Gasteiger partial charge in [-0.3, -0.25) is 4.79 Å². The molecule has 0 saturated heterocycles. The second-order valence-corrected chi connectivity index (χ2v) is 4.40. The molecule has 0 unspecified atom stereocenters. The van der Waals surface area contributed by atoms with E-state index in [-0.39, 0.29) is 5.82 Å². The Hall–Kier alpha value is -3.08. The van der Waals surface area contributed by atoms with E-state index in [1.54, 1.807) is 0 Å². The zero-order chi connectivity index (χ0) is 14.7. The smallest absolute Gasteiger partial charge is 0.286 e. The molecule has 0 bridgehead atoms. The van der Waals surface area contributed by atoms with Gasteiger partial charge in [0.2, 0.25) is 5.82 Å². The fourth-order valence-electron chi connectivity index (χ4n) is 1.92. The van der Waals surface area contributed by atoms with Crippen molar-refractivity contribution in [1.82, 2.24) is 15.0 Å². The number of hydrogen-bond acceptors (Lipinski definition) is 4. The van der Waals surface area contributed by atoms with Gasteiger partial charge in [-0.2, -0.15) is 0 Å². The van der Waals surface area contributed by atoms with E-state index in [1.807, 2.05) is 60.7 Å². The summed E-state index contributed by atoms with van der Waals surface area (Å²) in [5.74, 6) is 0.144. The molecule has 0 atom stereocenters. The maximum absolute atomic E-state index is 11.4. The second-order valence-electron chi connectivity index (χ2n) is 4.40. The van der Waals surface area contributed by atoms with Crippen LogP contribution in [0.5, 0.6) is 0 Å². The Morgan fingerprint density at radius 3 is 1.52 bits per heavy atom. The number of nitrogens with two attached hydrogens (primary N) is 1. The lowest BCUT2D eigenvalue weighted by Gasteiger charge is -2.05. The van der Waals surface area contributed by atoms with Crippen molar-refractivity contribution >= 4 is 5.91 Å². The van der Waals surface area contributed by atoms with E-state index in [1.165, 1.54) is 0 Å². The molecule has 3 aromatic rings. The van der Waals surface area contributed by atoms with Gasteiger partial charge >= 0.3 is 0 Å². The first kappa shape index (κ1) is 12.9. The first-order chi connectivity index (χ1) is 10.2. The summed E-state index contributed by atoms with van der Waals surface area (Å²) in [6.07, 6.45) is 0. The summed E-state index contributed by atoms with van der Waals surface area (Å²) in [4.78, 5) is 24.1. The van der Waals surface area contributed by atoms with Gasteiger partial charge < -0.3 is 5.73 Å².